The molecule has 0 radical (unpaired) electrons. The number of rotatable bonds is 10. The van der Waals surface area contributed by atoms with Crippen LogP contribution in [-0.2, 0) is 16.6 Å². The van der Waals surface area contributed by atoms with Crippen LogP contribution in [0.25, 0.3) is 0 Å². The quantitative estimate of drug-likeness (QED) is 0.255. The molecule has 1 saturated carbocycles. The highest BCUT2D eigenvalue weighted by molar-refractivity contribution is 14.0. The van der Waals surface area contributed by atoms with Gasteiger partial charge < -0.3 is 20.3 Å². The largest absolute Gasteiger partial charge is 0.496 e. The van der Waals surface area contributed by atoms with E-state index in [1.165, 1.54) is 11.1 Å². The van der Waals surface area contributed by atoms with Crippen molar-refractivity contribution in [2.45, 2.75) is 38.0 Å². The van der Waals surface area contributed by atoms with E-state index in [-0.39, 0.29) is 35.3 Å². The van der Waals surface area contributed by atoms with E-state index in [9.17, 15) is 4.79 Å². The zero-order valence-electron chi connectivity index (χ0n) is 20.3. The van der Waals surface area contributed by atoms with E-state index < -0.39 is 0 Å². The van der Waals surface area contributed by atoms with Crippen molar-refractivity contribution in [2.24, 2.45) is 10.9 Å². The van der Waals surface area contributed by atoms with E-state index in [0.717, 1.165) is 63.7 Å². The maximum Gasteiger partial charge on any atom is 0.223 e. The highest BCUT2D eigenvalue weighted by atomic mass is 127. The van der Waals surface area contributed by atoms with Crippen LogP contribution in [0.4, 0.5) is 0 Å². The number of carbonyl (C=O) groups is 1. The van der Waals surface area contributed by atoms with Crippen LogP contribution in [-0.4, -0.2) is 56.6 Å². The summed E-state index contributed by atoms with van der Waals surface area (Å²) in [6, 6.07) is 18.7. The Bertz CT molecular complexity index is 962. The predicted molar refractivity (Wildman–Crippen MR) is 148 cm³/mol. The molecule has 34 heavy (non-hydrogen) atoms. The number of guanidine groups is 1. The van der Waals surface area contributed by atoms with Crippen LogP contribution in [0.3, 0.4) is 0 Å². The number of hydrogen-bond acceptors (Lipinski definition) is 3. The molecular weight excluding hydrogens is 539 g/mol. The Kier molecular flexibility index (Phi) is 9.62. The minimum atomic E-state index is 0. The van der Waals surface area contributed by atoms with E-state index in [4.69, 9.17) is 9.73 Å². The average Bonchev–Trinajstić information content (AvgIpc) is 3.56. The van der Waals surface area contributed by atoms with Crippen molar-refractivity contribution in [1.82, 2.24) is 15.5 Å². The molecule has 6 nitrogen and oxygen atoms in total. The molecule has 1 atom stereocenters. The summed E-state index contributed by atoms with van der Waals surface area (Å²) >= 11 is 0. The molecule has 1 saturated heterocycles. The average molecular weight is 577 g/mol. The third kappa shape index (κ3) is 6.64. The summed E-state index contributed by atoms with van der Waals surface area (Å²) in [7, 11) is 1.73. The van der Waals surface area contributed by atoms with Gasteiger partial charge in [-0.15, -0.1) is 24.0 Å². The van der Waals surface area contributed by atoms with Crippen LogP contribution < -0.4 is 15.4 Å². The maximum absolute atomic E-state index is 12.5. The van der Waals surface area contributed by atoms with Crippen LogP contribution in [0.15, 0.2) is 59.6 Å². The number of halogens is 1. The van der Waals surface area contributed by atoms with Crippen molar-refractivity contribution in [1.29, 1.82) is 0 Å². The van der Waals surface area contributed by atoms with E-state index in [0.29, 0.717) is 12.3 Å². The van der Waals surface area contributed by atoms with Crippen molar-refractivity contribution < 1.29 is 9.53 Å². The first kappa shape index (κ1) is 26.3. The van der Waals surface area contributed by atoms with E-state index in [1.54, 1.807) is 7.11 Å². The molecule has 1 heterocycles. The Morgan fingerprint density at radius 3 is 2.56 bits per heavy atom. The lowest BCUT2D eigenvalue weighted by Gasteiger charge is -2.19. The van der Waals surface area contributed by atoms with E-state index in [2.05, 4.69) is 54.0 Å². The zero-order valence-corrected chi connectivity index (χ0v) is 22.6. The molecule has 1 unspecified atom stereocenters. The van der Waals surface area contributed by atoms with Gasteiger partial charge in [-0.05, 0) is 37.8 Å². The Hall–Kier alpha value is -2.29. The molecule has 2 N–H and O–H groups in total. The van der Waals surface area contributed by atoms with Crippen LogP contribution in [0, 0.1) is 5.92 Å². The summed E-state index contributed by atoms with van der Waals surface area (Å²) in [6.07, 6.45) is 3.77. The minimum absolute atomic E-state index is 0. The van der Waals surface area contributed by atoms with Crippen LogP contribution in [0.2, 0.25) is 0 Å². The number of carbonyl (C=O) groups excluding carboxylic acids is 1. The fourth-order valence-electron chi connectivity index (χ4n) is 4.67. The molecule has 0 aromatic heterocycles. The van der Waals surface area contributed by atoms with Gasteiger partial charge in [0, 0.05) is 49.5 Å². The van der Waals surface area contributed by atoms with Gasteiger partial charge in [-0.2, -0.15) is 0 Å². The SMILES string of the molecule is CCNC(=NCC1(c2ccccc2OC)CC1)NCC1CC(=O)N(CCc2ccccc2)C1.I. The number of amides is 1. The Morgan fingerprint density at radius 1 is 1.12 bits per heavy atom. The summed E-state index contributed by atoms with van der Waals surface area (Å²) in [6.45, 7) is 5.96. The van der Waals surface area contributed by atoms with Crippen LogP contribution in [0.1, 0.15) is 37.3 Å². The molecule has 2 aromatic carbocycles. The molecule has 1 amide bonds. The second-order valence-corrected chi connectivity index (χ2v) is 9.20. The number of para-hydroxylation sites is 1. The number of nitrogens with one attached hydrogen (secondary N) is 2. The molecule has 2 fully saturated rings. The second kappa shape index (κ2) is 12.4. The lowest BCUT2D eigenvalue weighted by Crippen LogP contribution is -2.41. The van der Waals surface area contributed by atoms with Gasteiger partial charge in [0.05, 0.1) is 13.7 Å². The summed E-state index contributed by atoms with van der Waals surface area (Å²) in [4.78, 5) is 19.4. The van der Waals surface area contributed by atoms with Gasteiger partial charge in [0.25, 0.3) is 0 Å². The topological polar surface area (TPSA) is 66.0 Å². The number of ether oxygens (including phenoxy) is 1. The first-order chi connectivity index (χ1) is 16.1. The maximum atomic E-state index is 12.5. The molecule has 1 aliphatic heterocycles. The van der Waals surface area contributed by atoms with Crippen molar-refractivity contribution in [3.05, 3.63) is 65.7 Å². The normalized spacial score (nSPS) is 18.9. The Labute approximate surface area is 220 Å². The van der Waals surface area contributed by atoms with Gasteiger partial charge in [-0.25, -0.2) is 0 Å². The third-order valence-electron chi connectivity index (χ3n) is 6.78. The first-order valence-corrected chi connectivity index (χ1v) is 12.1. The fraction of sp³-hybridized carbons (Fsp3) is 0.481. The molecule has 0 spiro atoms. The standard InChI is InChI=1S/C27H36N4O2.HI/c1-3-28-26(30-20-27(14-15-27)23-11-7-8-12-24(23)33-2)29-18-22-17-25(32)31(19-22)16-13-21-9-5-4-6-10-21;/h4-12,22H,3,13-20H2,1-2H3,(H2,28,29,30);1H. The molecule has 7 heteroatoms. The predicted octanol–water partition coefficient (Wildman–Crippen LogP) is 3.99. The van der Waals surface area contributed by atoms with E-state index in [1.807, 2.05) is 23.1 Å². The number of likely N-dealkylation sites (tertiary alicyclic amines) is 1. The van der Waals surface area contributed by atoms with Gasteiger partial charge in [0.15, 0.2) is 5.96 Å². The van der Waals surface area contributed by atoms with Gasteiger partial charge in [0.1, 0.15) is 5.75 Å². The molecule has 0 bridgehead atoms. The van der Waals surface area contributed by atoms with E-state index >= 15 is 0 Å². The smallest absolute Gasteiger partial charge is 0.223 e. The number of aliphatic imine (C=N–C) groups is 1. The molecule has 184 valence electrons. The highest BCUT2D eigenvalue weighted by Gasteiger charge is 2.46. The molecular formula is C27H37IN4O2. The van der Waals surface area contributed by atoms with Gasteiger partial charge >= 0.3 is 0 Å². The molecule has 2 aliphatic rings. The summed E-state index contributed by atoms with van der Waals surface area (Å²) in [5, 5.41) is 6.85. The number of hydrogen-bond donors (Lipinski definition) is 2. The van der Waals surface area contributed by atoms with Gasteiger partial charge in [-0.1, -0.05) is 48.5 Å². The van der Waals surface area contributed by atoms with Crippen molar-refractivity contribution in [3.8, 4) is 5.75 Å². The number of methoxy groups -OCH3 is 1. The fourth-order valence-corrected chi connectivity index (χ4v) is 4.67. The number of benzene rings is 2. The molecule has 1 aliphatic carbocycles. The van der Waals surface area contributed by atoms with Crippen molar-refractivity contribution in [3.63, 3.8) is 0 Å². The number of nitrogens with zero attached hydrogens (tertiary/aromatic N) is 2. The first-order valence-electron chi connectivity index (χ1n) is 12.1. The second-order valence-electron chi connectivity index (χ2n) is 9.20. The van der Waals surface area contributed by atoms with Crippen molar-refractivity contribution in [2.75, 3.05) is 39.8 Å². The van der Waals surface area contributed by atoms with Crippen LogP contribution >= 0.6 is 24.0 Å². The molecule has 4 rings (SSSR count). The lowest BCUT2D eigenvalue weighted by molar-refractivity contribution is -0.127. The highest BCUT2D eigenvalue weighted by Crippen LogP contribution is 2.51. The van der Waals surface area contributed by atoms with Gasteiger partial charge in [-0.3, -0.25) is 9.79 Å². The van der Waals surface area contributed by atoms with Crippen molar-refractivity contribution >= 4 is 35.8 Å². The monoisotopic (exact) mass is 576 g/mol. The van der Waals surface area contributed by atoms with Crippen LogP contribution in [0.5, 0.6) is 5.75 Å². The Morgan fingerprint density at radius 2 is 1.85 bits per heavy atom. The lowest BCUT2D eigenvalue weighted by atomic mass is 9.95. The zero-order chi connectivity index (χ0) is 23.1. The summed E-state index contributed by atoms with van der Waals surface area (Å²) in [5.41, 5.74) is 2.60. The third-order valence-corrected chi connectivity index (χ3v) is 6.78. The summed E-state index contributed by atoms with van der Waals surface area (Å²) < 4.78 is 5.59. The summed E-state index contributed by atoms with van der Waals surface area (Å²) in [5.74, 6) is 2.34. The Balaban J connectivity index is 0.00000324. The van der Waals surface area contributed by atoms with Gasteiger partial charge in [0.2, 0.25) is 5.91 Å². The molecule has 2 aromatic rings. The minimum Gasteiger partial charge on any atom is -0.496 e.